The molecule has 3 rings (SSSR count). The van der Waals surface area contributed by atoms with Crippen LogP contribution in [0.5, 0.6) is 11.5 Å². The quantitative estimate of drug-likeness (QED) is 0.332. The van der Waals surface area contributed by atoms with Crippen LogP contribution in [0.2, 0.25) is 0 Å². The number of rotatable bonds is 9. The molecule has 0 radical (unpaired) electrons. The van der Waals surface area contributed by atoms with Crippen molar-refractivity contribution in [3.05, 3.63) is 70.5 Å². The molecule has 0 aliphatic rings. The molecule has 0 atom stereocenters. The zero-order valence-electron chi connectivity index (χ0n) is 16.2. The lowest BCUT2D eigenvalue weighted by atomic mass is 10.2. The van der Waals surface area contributed by atoms with Gasteiger partial charge in [0.25, 0.3) is 11.5 Å². The summed E-state index contributed by atoms with van der Waals surface area (Å²) in [5.41, 5.74) is 3.17. The maximum Gasteiger partial charge on any atom is 0.277 e. The van der Waals surface area contributed by atoms with Crippen molar-refractivity contribution in [2.75, 3.05) is 13.2 Å². The van der Waals surface area contributed by atoms with E-state index in [1.54, 1.807) is 30.3 Å². The Morgan fingerprint density at radius 3 is 2.59 bits per heavy atom. The Morgan fingerprint density at radius 1 is 1.10 bits per heavy atom. The predicted molar refractivity (Wildman–Crippen MR) is 113 cm³/mol. The molecular weight excluding hydrogens is 370 g/mol. The maximum atomic E-state index is 12.0. The van der Waals surface area contributed by atoms with Gasteiger partial charge in [0.05, 0.1) is 18.4 Å². The molecule has 0 fully saturated rings. The van der Waals surface area contributed by atoms with Gasteiger partial charge in [-0.15, -0.1) is 0 Å². The zero-order valence-corrected chi connectivity index (χ0v) is 16.2. The van der Waals surface area contributed by atoms with Crippen molar-refractivity contribution in [3.8, 4) is 11.5 Å². The highest BCUT2D eigenvalue weighted by molar-refractivity contribution is 5.88. The molecule has 0 saturated carbocycles. The summed E-state index contributed by atoms with van der Waals surface area (Å²) in [4.78, 5) is 26.7. The van der Waals surface area contributed by atoms with E-state index in [2.05, 4.69) is 22.4 Å². The first-order valence-electron chi connectivity index (χ1n) is 9.45. The molecule has 3 aromatic rings. The summed E-state index contributed by atoms with van der Waals surface area (Å²) in [5.74, 6) is 0.889. The third-order valence-corrected chi connectivity index (χ3v) is 4.14. The first-order chi connectivity index (χ1) is 14.2. The minimum absolute atomic E-state index is 0.193. The van der Waals surface area contributed by atoms with Gasteiger partial charge in [-0.25, -0.2) is 5.43 Å². The standard InChI is InChI=1S/C22H23N3O4/c1-2-3-12-28-18-8-10-19(11-9-18)29-15-21(26)25-23-14-17-13-16-6-4-5-7-20(16)24-22(17)27/h4-11,13-14H,2-3,12,15H2,1H3,(H,24,27)(H,25,26)/b23-14+. The first kappa shape index (κ1) is 20.1. The Hall–Kier alpha value is -3.61. The zero-order chi connectivity index (χ0) is 20.5. The number of carbonyl (C=O) groups excluding carboxylic acids is 1. The van der Waals surface area contributed by atoms with E-state index >= 15 is 0 Å². The first-order valence-corrected chi connectivity index (χ1v) is 9.45. The number of fused-ring (bicyclic) bond motifs is 1. The number of benzene rings is 2. The molecule has 2 N–H and O–H groups in total. The summed E-state index contributed by atoms with van der Waals surface area (Å²) < 4.78 is 11.0. The summed E-state index contributed by atoms with van der Waals surface area (Å²) in [7, 11) is 0. The number of amides is 1. The lowest BCUT2D eigenvalue weighted by Crippen LogP contribution is -2.25. The number of nitrogens with one attached hydrogen (secondary N) is 2. The van der Waals surface area contributed by atoms with Gasteiger partial charge in [0.1, 0.15) is 11.5 Å². The van der Waals surface area contributed by atoms with Gasteiger partial charge in [0, 0.05) is 5.52 Å². The van der Waals surface area contributed by atoms with Crippen LogP contribution in [-0.2, 0) is 4.79 Å². The summed E-state index contributed by atoms with van der Waals surface area (Å²) in [6.07, 6.45) is 3.39. The van der Waals surface area contributed by atoms with Gasteiger partial charge in [-0.05, 0) is 48.2 Å². The average Bonchev–Trinajstić information content (AvgIpc) is 2.74. The molecular formula is C22H23N3O4. The predicted octanol–water partition coefficient (Wildman–Crippen LogP) is 3.24. The lowest BCUT2D eigenvalue weighted by Gasteiger charge is -2.07. The number of pyridine rings is 1. The van der Waals surface area contributed by atoms with Crippen molar-refractivity contribution >= 4 is 23.0 Å². The monoisotopic (exact) mass is 393 g/mol. The number of aromatic amines is 1. The number of hydrogen-bond donors (Lipinski definition) is 2. The van der Waals surface area contributed by atoms with Gasteiger partial charge < -0.3 is 14.5 Å². The number of hydrazone groups is 1. The van der Waals surface area contributed by atoms with Crippen LogP contribution < -0.4 is 20.5 Å². The Balaban J connectivity index is 1.48. The highest BCUT2D eigenvalue weighted by Gasteiger charge is 2.03. The number of para-hydroxylation sites is 1. The third-order valence-electron chi connectivity index (χ3n) is 4.14. The molecule has 0 aliphatic heterocycles. The molecule has 1 heterocycles. The minimum atomic E-state index is -0.429. The van der Waals surface area contributed by atoms with Crippen molar-refractivity contribution in [2.45, 2.75) is 19.8 Å². The largest absolute Gasteiger partial charge is 0.494 e. The summed E-state index contributed by atoms with van der Waals surface area (Å²) in [6.45, 7) is 2.59. The third kappa shape index (κ3) is 5.93. The highest BCUT2D eigenvalue weighted by atomic mass is 16.5. The maximum absolute atomic E-state index is 12.0. The number of carbonyl (C=O) groups is 1. The molecule has 0 aliphatic carbocycles. The topological polar surface area (TPSA) is 92.8 Å². The number of hydrogen-bond acceptors (Lipinski definition) is 5. The Labute approximate surface area is 168 Å². The number of nitrogens with zero attached hydrogens (tertiary/aromatic N) is 1. The van der Waals surface area contributed by atoms with E-state index in [1.807, 2.05) is 24.3 Å². The van der Waals surface area contributed by atoms with E-state index < -0.39 is 5.91 Å². The Bertz CT molecular complexity index is 1040. The fraction of sp³-hybridized carbons (Fsp3) is 0.227. The van der Waals surface area contributed by atoms with Crippen molar-refractivity contribution in [3.63, 3.8) is 0 Å². The molecule has 1 aromatic heterocycles. The van der Waals surface area contributed by atoms with Crippen LogP contribution in [0, 0.1) is 0 Å². The second-order valence-electron chi connectivity index (χ2n) is 6.40. The van der Waals surface area contributed by atoms with Crippen molar-refractivity contribution in [1.29, 1.82) is 0 Å². The van der Waals surface area contributed by atoms with E-state index in [0.717, 1.165) is 29.5 Å². The van der Waals surface area contributed by atoms with E-state index in [1.165, 1.54) is 6.21 Å². The second kappa shape index (κ2) is 10.1. The number of unbranched alkanes of at least 4 members (excludes halogenated alkanes) is 1. The highest BCUT2D eigenvalue weighted by Crippen LogP contribution is 2.17. The van der Waals surface area contributed by atoms with Crippen LogP contribution in [0.25, 0.3) is 10.9 Å². The van der Waals surface area contributed by atoms with Crippen molar-refractivity contribution in [2.24, 2.45) is 5.10 Å². The fourth-order valence-corrected chi connectivity index (χ4v) is 2.58. The molecule has 150 valence electrons. The van der Waals surface area contributed by atoms with Gasteiger partial charge in [0.15, 0.2) is 6.61 Å². The van der Waals surface area contributed by atoms with Gasteiger partial charge in [-0.3, -0.25) is 9.59 Å². The molecule has 1 amide bonds. The molecule has 2 aromatic carbocycles. The van der Waals surface area contributed by atoms with Crippen molar-refractivity contribution in [1.82, 2.24) is 10.4 Å². The van der Waals surface area contributed by atoms with Crippen LogP contribution in [0.1, 0.15) is 25.3 Å². The molecule has 7 heteroatoms. The Kier molecular flexibility index (Phi) is 7.00. The molecule has 0 spiro atoms. The van der Waals surface area contributed by atoms with Gasteiger partial charge in [0.2, 0.25) is 0 Å². The molecule has 0 bridgehead atoms. The van der Waals surface area contributed by atoms with Crippen LogP contribution in [0.15, 0.2) is 64.5 Å². The summed E-state index contributed by atoms with van der Waals surface area (Å²) in [6, 6.07) is 16.2. The number of aromatic nitrogens is 1. The van der Waals surface area contributed by atoms with Crippen LogP contribution in [0.4, 0.5) is 0 Å². The number of H-pyrrole nitrogens is 1. The van der Waals surface area contributed by atoms with Crippen LogP contribution in [-0.4, -0.2) is 30.3 Å². The molecule has 7 nitrogen and oxygen atoms in total. The smallest absolute Gasteiger partial charge is 0.277 e. The minimum Gasteiger partial charge on any atom is -0.494 e. The Morgan fingerprint density at radius 2 is 1.83 bits per heavy atom. The molecule has 0 unspecified atom stereocenters. The summed E-state index contributed by atoms with van der Waals surface area (Å²) >= 11 is 0. The van der Waals surface area contributed by atoms with Gasteiger partial charge in [-0.1, -0.05) is 31.5 Å². The van der Waals surface area contributed by atoms with Gasteiger partial charge >= 0.3 is 0 Å². The van der Waals surface area contributed by atoms with Crippen LogP contribution in [0.3, 0.4) is 0 Å². The van der Waals surface area contributed by atoms with E-state index in [-0.39, 0.29) is 12.2 Å². The van der Waals surface area contributed by atoms with Gasteiger partial charge in [-0.2, -0.15) is 5.10 Å². The molecule has 29 heavy (non-hydrogen) atoms. The van der Waals surface area contributed by atoms with E-state index in [9.17, 15) is 9.59 Å². The van der Waals surface area contributed by atoms with E-state index in [0.29, 0.717) is 17.9 Å². The molecule has 0 saturated heterocycles. The summed E-state index contributed by atoms with van der Waals surface area (Å²) in [5, 5.41) is 4.71. The normalized spacial score (nSPS) is 10.9. The number of ether oxygens (including phenoxy) is 2. The van der Waals surface area contributed by atoms with Crippen molar-refractivity contribution < 1.29 is 14.3 Å². The van der Waals surface area contributed by atoms with E-state index in [4.69, 9.17) is 9.47 Å². The van der Waals surface area contributed by atoms with Crippen LogP contribution >= 0.6 is 0 Å². The average molecular weight is 393 g/mol. The lowest BCUT2D eigenvalue weighted by molar-refractivity contribution is -0.123. The second-order valence-corrected chi connectivity index (χ2v) is 6.40. The SMILES string of the molecule is CCCCOc1ccc(OCC(=O)N/N=C/c2cc3ccccc3[nH]c2=O)cc1. The fourth-order valence-electron chi connectivity index (χ4n) is 2.58.